The Morgan fingerprint density at radius 1 is 0.394 bits per heavy atom. The molecular weight excluding hydrogens is 811 g/mol. The normalized spacial score (nSPS) is 13.3. The predicted octanol–water partition coefficient (Wildman–Crippen LogP) is 15.4. The summed E-state index contributed by atoms with van der Waals surface area (Å²) in [5, 5.41) is 15.0. The first-order chi connectivity index (χ1) is 32.7. The van der Waals surface area contributed by atoms with Gasteiger partial charge < -0.3 is 13.3 Å². The maximum Gasteiger partial charge on any atom is 0.180 e. The van der Waals surface area contributed by atoms with Crippen molar-refractivity contribution >= 4 is 65.9 Å². The number of hydrogen-bond acceptors (Lipinski definition) is 6. The Kier molecular flexibility index (Phi) is 6.86. The van der Waals surface area contributed by atoms with Crippen LogP contribution in [0.2, 0.25) is 0 Å². The molecule has 0 aliphatic heterocycles. The van der Waals surface area contributed by atoms with Crippen LogP contribution >= 0.6 is 0 Å². The monoisotopic (exact) mass is 841 g/mol. The summed E-state index contributed by atoms with van der Waals surface area (Å²) in [6, 6.07) is 67.8. The number of rotatable bonds is 3. The Balaban J connectivity index is 0.992. The Morgan fingerprint density at radius 3 is 1.64 bits per heavy atom. The second-order valence-electron chi connectivity index (χ2n) is 17.4. The minimum atomic E-state index is -0.596. The molecule has 0 saturated carbocycles. The van der Waals surface area contributed by atoms with Crippen LogP contribution in [0.5, 0.6) is 0 Å². The summed E-state index contributed by atoms with van der Waals surface area (Å²) in [5.41, 5.74) is 19.4. The zero-order valence-corrected chi connectivity index (χ0v) is 35.0. The highest BCUT2D eigenvalue weighted by atomic mass is 16.3. The van der Waals surface area contributed by atoms with Crippen molar-refractivity contribution in [1.29, 1.82) is 5.26 Å². The van der Waals surface area contributed by atoms with E-state index in [9.17, 15) is 5.26 Å². The van der Waals surface area contributed by atoms with Gasteiger partial charge >= 0.3 is 0 Å². The molecule has 13 aromatic rings. The summed E-state index contributed by atoms with van der Waals surface area (Å²) in [6.07, 6.45) is 0. The van der Waals surface area contributed by atoms with Gasteiger partial charge in [0.15, 0.2) is 11.4 Å². The van der Waals surface area contributed by atoms with Crippen molar-refractivity contribution < 1.29 is 13.3 Å². The third-order valence-corrected chi connectivity index (χ3v) is 14.2. The van der Waals surface area contributed by atoms with Crippen LogP contribution in [-0.2, 0) is 5.41 Å². The molecule has 4 aromatic heterocycles. The maximum absolute atomic E-state index is 10.2. The van der Waals surface area contributed by atoms with Crippen molar-refractivity contribution in [2.24, 2.45) is 0 Å². The summed E-state index contributed by atoms with van der Waals surface area (Å²) in [5.74, 6) is 0.570. The molecular formula is C60H31N3O3. The standard InChI is InChI=1S/C60H31N3O3/c61-32-33-23-26-38-39-27-24-35(31-48(39)60(47(38)29-33)45-17-5-1-11-36(45)37-12-2-6-18-46(37)60)34-25-28-51-44(30-34)57-58(66-51)56(42-15-9-21-52-54(42)40-13-3-7-19-49(40)64-52)62-59(63-57)43-16-10-22-53-55(43)41-14-4-8-20-50(41)65-53/h1-31H. The number of furan rings is 3. The third kappa shape index (κ3) is 4.53. The molecule has 9 aromatic carbocycles. The average molecular weight is 842 g/mol. The summed E-state index contributed by atoms with van der Waals surface area (Å²) in [6.45, 7) is 0. The molecule has 4 heterocycles. The van der Waals surface area contributed by atoms with E-state index in [1.54, 1.807) is 0 Å². The Bertz CT molecular complexity index is 4290. The van der Waals surface area contributed by atoms with Crippen LogP contribution in [0.4, 0.5) is 0 Å². The topological polar surface area (TPSA) is 89.0 Å². The minimum Gasteiger partial charge on any atom is -0.456 e. The number of para-hydroxylation sites is 2. The molecule has 0 unspecified atom stereocenters. The number of nitrogens with zero attached hydrogens (tertiary/aromatic N) is 3. The second-order valence-corrected chi connectivity index (χ2v) is 17.4. The van der Waals surface area contributed by atoms with Gasteiger partial charge in [0.25, 0.3) is 0 Å². The average Bonchev–Trinajstić information content (AvgIpc) is 4.18. The van der Waals surface area contributed by atoms with Gasteiger partial charge in [-0.2, -0.15) is 5.26 Å². The fraction of sp³-hybridized carbons (Fsp3) is 0.0167. The van der Waals surface area contributed by atoms with E-state index in [-0.39, 0.29) is 0 Å². The zero-order valence-electron chi connectivity index (χ0n) is 35.0. The highest BCUT2D eigenvalue weighted by Gasteiger charge is 2.51. The first-order valence-corrected chi connectivity index (χ1v) is 22.1. The molecule has 0 amide bonds. The highest BCUT2D eigenvalue weighted by molar-refractivity contribution is 6.17. The molecule has 0 saturated heterocycles. The van der Waals surface area contributed by atoms with Gasteiger partial charge in [-0.1, -0.05) is 133 Å². The van der Waals surface area contributed by atoms with Crippen molar-refractivity contribution in [3.8, 4) is 62.1 Å². The first-order valence-electron chi connectivity index (χ1n) is 22.1. The summed E-state index contributed by atoms with van der Waals surface area (Å²) in [4.78, 5) is 10.9. The molecule has 0 radical (unpaired) electrons. The zero-order chi connectivity index (χ0) is 43.3. The molecule has 1 spiro atoms. The van der Waals surface area contributed by atoms with E-state index in [2.05, 4.69) is 127 Å². The van der Waals surface area contributed by atoms with E-state index >= 15 is 0 Å². The van der Waals surface area contributed by atoms with Crippen molar-refractivity contribution in [2.45, 2.75) is 5.41 Å². The number of nitriles is 1. The number of aromatic nitrogens is 2. The quantitative estimate of drug-likeness (QED) is 0.176. The largest absolute Gasteiger partial charge is 0.456 e. The predicted molar refractivity (Wildman–Crippen MR) is 261 cm³/mol. The van der Waals surface area contributed by atoms with E-state index < -0.39 is 5.41 Å². The number of fused-ring (bicyclic) bond motifs is 19. The fourth-order valence-electron chi connectivity index (χ4n) is 11.4. The molecule has 6 heteroatoms. The van der Waals surface area contributed by atoms with Crippen LogP contribution in [0.1, 0.15) is 27.8 Å². The third-order valence-electron chi connectivity index (χ3n) is 14.2. The van der Waals surface area contributed by atoms with Gasteiger partial charge in [-0.05, 0) is 110 Å². The maximum atomic E-state index is 10.2. The van der Waals surface area contributed by atoms with E-state index in [1.165, 1.54) is 33.4 Å². The summed E-state index contributed by atoms with van der Waals surface area (Å²) < 4.78 is 19.7. The van der Waals surface area contributed by atoms with E-state index in [4.69, 9.17) is 23.2 Å². The van der Waals surface area contributed by atoms with E-state index in [0.29, 0.717) is 33.8 Å². The van der Waals surface area contributed by atoms with Gasteiger partial charge in [0, 0.05) is 38.1 Å². The van der Waals surface area contributed by atoms with Crippen LogP contribution in [0.25, 0.3) is 122 Å². The Morgan fingerprint density at radius 2 is 0.924 bits per heavy atom. The molecule has 2 aliphatic carbocycles. The fourth-order valence-corrected chi connectivity index (χ4v) is 11.4. The minimum absolute atomic E-state index is 0.570. The van der Waals surface area contributed by atoms with Gasteiger partial charge in [-0.15, -0.1) is 0 Å². The van der Waals surface area contributed by atoms with Crippen molar-refractivity contribution in [3.63, 3.8) is 0 Å². The van der Waals surface area contributed by atoms with Gasteiger partial charge in [0.05, 0.1) is 17.0 Å². The van der Waals surface area contributed by atoms with E-state index in [0.717, 1.165) is 82.6 Å². The van der Waals surface area contributed by atoms with Gasteiger partial charge in [0.2, 0.25) is 0 Å². The SMILES string of the molecule is N#Cc1ccc2c(c1)C1(c3ccccc3-c3ccccc31)c1cc(-c3ccc4oc5c(-c6cccc7oc8ccccc8c67)nc(-c6cccc7oc8ccccc8c67)nc5c4c3)ccc1-2. The molecule has 0 bridgehead atoms. The molecule has 0 fully saturated rings. The lowest BCUT2D eigenvalue weighted by Gasteiger charge is -2.30. The van der Waals surface area contributed by atoms with Crippen LogP contribution < -0.4 is 0 Å². The molecule has 0 N–H and O–H groups in total. The molecule has 6 nitrogen and oxygen atoms in total. The summed E-state index contributed by atoms with van der Waals surface area (Å²) in [7, 11) is 0. The lowest BCUT2D eigenvalue weighted by molar-refractivity contribution is 0.667. The van der Waals surface area contributed by atoms with Crippen molar-refractivity contribution in [2.75, 3.05) is 0 Å². The molecule has 15 rings (SSSR count). The van der Waals surface area contributed by atoms with Crippen molar-refractivity contribution in [3.05, 3.63) is 216 Å². The highest BCUT2D eigenvalue weighted by Crippen LogP contribution is 2.63. The molecule has 2 aliphatic rings. The first kappa shape index (κ1) is 35.4. The lowest BCUT2D eigenvalue weighted by Crippen LogP contribution is -2.26. The van der Waals surface area contributed by atoms with Gasteiger partial charge in [0.1, 0.15) is 39.1 Å². The van der Waals surface area contributed by atoms with Gasteiger partial charge in [-0.25, -0.2) is 9.97 Å². The lowest BCUT2D eigenvalue weighted by atomic mass is 9.70. The molecule has 0 atom stereocenters. The smallest absolute Gasteiger partial charge is 0.180 e. The van der Waals surface area contributed by atoms with Crippen LogP contribution in [0.15, 0.2) is 201 Å². The van der Waals surface area contributed by atoms with Crippen LogP contribution in [0, 0.1) is 11.3 Å². The summed E-state index contributed by atoms with van der Waals surface area (Å²) >= 11 is 0. The molecule has 66 heavy (non-hydrogen) atoms. The van der Waals surface area contributed by atoms with Gasteiger partial charge in [-0.3, -0.25) is 0 Å². The van der Waals surface area contributed by atoms with Crippen molar-refractivity contribution in [1.82, 2.24) is 9.97 Å². The van der Waals surface area contributed by atoms with Crippen LogP contribution in [-0.4, -0.2) is 9.97 Å². The second kappa shape index (κ2) is 12.8. The Labute approximate surface area is 376 Å². The number of benzene rings is 9. The molecule has 304 valence electrons. The van der Waals surface area contributed by atoms with Crippen LogP contribution in [0.3, 0.4) is 0 Å². The number of hydrogen-bond donors (Lipinski definition) is 0. The van der Waals surface area contributed by atoms with E-state index in [1.807, 2.05) is 66.7 Å². The Hall–Kier alpha value is -9.05.